The van der Waals surface area contributed by atoms with Crippen molar-refractivity contribution in [2.75, 3.05) is 20.2 Å². The van der Waals surface area contributed by atoms with Gasteiger partial charge in [-0.15, -0.1) is 0 Å². The third kappa shape index (κ3) is 2.20. The number of methoxy groups -OCH3 is 1. The maximum absolute atomic E-state index is 5.33. The van der Waals surface area contributed by atoms with Gasteiger partial charge < -0.3 is 4.74 Å². The molecule has 0 N–H and O–H groups in total. The average molecular weight is 171 g/mol. The molecule has 0 aliphatic carbocycles. The smallest absolute Gasteiger partial charge is 0.0710 e. The molecule has 2 atom stereocenters. The Balaban J connectivity index is 2.35. The van der Waals surface area contributed by atoms with Gasteiger partial charge in [0.15, 0.2) is 0 Å². The van der Waals surface area contributed by atoms with Gasteiger partial charge in [0.2, 0.25) is 0 Å². The van der Waals surface area contributed by atoms with E-state index in [1.54, 1.807) is 0 Å². The van der Waals surface area contributed by atoms with Crippen molar-refractivity contribution in [1.82, 2.24) is 4.90 Å². The molecule has 2 unspecified atom stereocenters. The van der Waals surface area contributed by atoms with E-state index in [4.69, 9.17) is 4.74 Å². The maximum atomic E-state index is 5.33. The molecule has 2 nitrogen and oxygen atoms in total. The van der Waals surface area contributed by atoms with Crippen LogP contribution in [-0.2, 0) is 4.74 Å². The van der Waals surface area contributed by atoms with Crippen LogP contribution in [0.15, 0.2) is 0 Å². The van der Waals surface area contributed by atoms with Crippen LogP contribution in [0.3, 0.4) is 0 Å². The first kappa shape index (κ1) is 10.0. The zero-order chi connectivity index (χ0) is 9.14. The zero-order valence-electron chi connectivity index (χ0n) is 8.71. The molecule has 1 aliphatic rings. The fourth-order valence-corrected chi connectivity index (χ4v) is 1.74. The summed E-state index contributed by atoms with van der Waals surface area (Å²) in [7, 11) is 1.81. The molecule has 0 aromatic heterocycles. The number of hydrogen-bond donors (Lipinski definition) is 0. The highest BCUT2D eigenvalue weighted by molar-refractivity contribution is 4.80. The molecule has 0 radical (unpaired) electrons. The average Bonchev–Trinajstić information content (AvgIpc) is 2.50. The minimum absolute atomic E-state index is 0.478. The van der Waals surface area contributed by atoms with Crippen LogP contribution >= 0.6 is 0 Å². The molecule has 1 rings (SSSR count). The van der Waals surface area contributed by atoms with E-state index in [1.807, 2.05) is 7.11 Å². The van der Waals surface area contributed by atoms with Gasteiger partial charge in [0.25, 0.3) is 0 Å². The second-order valence-corrected chi connectivity index (χ2v) is 4.13. The summed E-state index contributed by atoms with van der Waals surface area (Å²) in [6, 6.07) is 0.699. The molecule has 1 saturated heterocycles. The SMILES string of the molecule is COC1CCN(C(C)C(C)C)C1. The molecular formula is C10H21NO. The Hall–Kier alpha value is -0.0800. The molecule has 1 fully saturated rings. The molecule has 0 aromatic carbocycles. The lowest BCUT2D eigenvalue weighted by atomic mass is 10.1. The molecule has 1 aliphatic heterocycles. The summed E-state index contributed by atoms with van der Waals surface area (Å²) in [5, 5.41) is 0. The van der Waals surface area contributed by atoms with Crippen LogP contribution in [0, 0.1) is 5.92 Å². The van der Waals surface area contributed by atoms with Crippen molar-refractivity contribution in [3.05, 3.63) is 0 Å². The summed E-state index contributed by atoms with van der Waals surface area (Å²) in [6.07, 6.45) is 1.68. The Morgan fingerprint density at radius 3 is 2.42 bits per heavy atom. The lowest BCUT2D eigenvalue weighted by molar-refractivity contribution is 0.0973. The third-order valence-electron chi connectivity index (χ3n) is 3.05. The van der Waals surface area contributed by atoms with Gasteiger partial charge >= 0.3 is 0 Å². The molecule has 1 heterocycles. The standard InChI is InChI=1S/C10H21NO/c1-8(2)9(3)11-6-5-10(7-11)12-4/h8-10H,5-7H2,1-4H3. The first-order valence-corrected chi connectivity index (χ1v) is 4.92. The molecule has 0 spiro atoms. The second kappa shape index (κ2) is 4.24. The topological polar surface area (TPSA) is 12.5 Å². The Labute approximate surface area is 75.9 Å². The summed E-state index contributed by atoms with van der Waals surface area (Å²) in [6.45, 7) is 9.20. The minimum Gasteiger partial charge on any atom is -0.380 e. The fourth-order valence-electron chi connectivity index (χ4n) is 1.74. The van der Waals surface area contributed by atoms with Crippen LogP contribution in [0.4, 0.5) is 0 Å². The Morgan fingerprint density at radius 2 is 2.00 bits per heavy atom. The van der Waals surface area contributed by atoms with Gasteiger partial charge in [0.05, 0.1) is 6.10 Å². The van der Waals surface area contributed by atoms with Crippen LogP contribution in [0.2, 0.25) is 0 Å². The van der Waals surface area contributed by atoms with Gasteiger partial charge in [-0.05, 0) is 19.3 Å². The van der Waals surface area contributed by atoms with Gasteiger partial charge in [-0.25, -0.2) is 0 Å². The van der Waals surface area contributed by atoms with Gasteiger partial charge in [0, 0.05) is 26.2 Å². The second-order valence-electron chi connectivity index (χ2n) is 4.13. The van der Waals surface area contributed by atoms with E-state index < -0.39 is 0 Å². The Kier molecular flexibility index (Phi) is 3.53. The quantitative estimate of drug-likeness (QED) is 0.641. The van der Waals surface area contributed by atoms with E-state index >= 15 is 0 Å². The van der Waals surface area contributed by atoms with Gasteiger partial charge in [0.1, 0.15) is 0 Å². The van der Waals surface area contributed by atoms with Crippen molar-refractivity contribution in [2.45, 2.75) is 39.3 Å². The van der Waals surface area contributed by atoms with Crippen molar-refractivity contribution in [3.63, 3.8) is 0 Å². The van der Waals surface area contributed by atoms with E-state index in [1.165, 1.54) is 13.0 Å². The zero-order valence-corrected chi connectivity index (χ0v) is 8.71. The van der Waals surface area contributed by atoms with Crippen LogP contribution in [-0.4, -0.2) is 37.2 Å². The molecule has 72 valence electrons. The molecule has 0 aromatic rings. The van der Waals surface area contributed by atoms with Crippen molar-refractivity contribution < 1.29 is 4.74 Å². The Morgan fingerprint density at radius 1 is 1.33 bits per heavy atom. The summed E-state index contributed by atoms with van der Waals surface area (Å²) in [5.74, 6) is 0.751. The number of likely N-dealkylation sites (tertiary alicyclic amines) is 1. The molecule has 0 amide bonds. The molecular weight excluding hydrogens is 150 g/mol. The maximum Gasteiger partial charge on any atom is 0.0710 e. The van der Waals surface area contributed by atoms with Gasteiger partial charge in [-0.1, -0.05) is 13.8 Å². The van der Waals surface area contributed by atoms with E-state index in [-0.39, 0.29) is 0 Å². The Bertz CT molecular complexity index is 136. The molecule has 0 bridgehead atoms. The summed E-state index contributed by atoms with van der Waals surface area (Å²) >= 11 is 0. The van der Waals surface area contributed by atoms with E-state index in [0.29, 0.717) is 12.1 Å². The highest BCUT2D eigenvalue weighted by atomic mass is 16.5. The van der Waals surface area contributed by atoms with Crippen LogP contribution < -0.4 is 0 Å². The van der Waals surface area contributed by atoms with Crippen molar-refractivity contribution in [3.8, 4) is 0 Å². The predicted octanol–water partition coefficient (Wildman–Crippen LogP) is 1.75. The monoisotopic (exact) mass is 171 g/mol. The molecule has 0 saturated carbocycles. The predicted molar refractivity (Wildman–Crippen MR) is 51.3 cm³/mol. The fraction of sp³-hybridized carbons (Fsp3) is 1.00. The normalized spacial score (nSPS) is 28.2. The van der Waals surface area contributed by atoms with E-state index in [2.05, 4.69) is 25.7 Å². The number of nitrogens with zero attached hydrogens (tertiary/aromatic N) is 1. The van der Waals surface area contributed by atoms with E-state index in [9.17, 15) is 0 Å². The highest BCUT2D eigenvalue weighted by Crippen LogP contribution is 2.18. The highest BCUT2D eigenvalue weighted by Gasteiger charge is 2.26. The number of rotatable bonds is 3. The van der Waals surface area contributed by atoms with Crippen molar-refractivity contribution >= 4 is 0 Å². The first-order valence-electron chi connectivity index (χ1n) is 4.92. The summed E-state index contributed by atoms with van der Waals surface area (Å²) in [5.41, 5.74) is 0. The number of hydrogen-bond acceptors (Lipinski definition) is 2. The van der Waals surface area contributed by atoms with Crippen LogP contribution in [0.5, 0.6) is 0 Å². The lowest BCUT2D eigenvalue weighted by Crippen LogP contribution is -2.35. The summed E-state index contributed by atoms with van der Waals surface area (Å²) in [4.78, 5) is 2.53. The molecule has 12 heavy (non-hydrogen) atoms. The lowest BCUT2D eigenvalue weighted by Gasteiger charge is -2.27. The van der Waals surface area contributed by atoms with Crippen molar-refractivity contribution in [1.29, 1.82) is 0 Å². The first-order chi connectivity index (χ1) is 5.65. The minimum atomic E-state index is 0.478. The largest absolute Gasteiger partial charge is 0.380 e. The molecule has 2 heteroatoms. The van der Waals surface area contributed by atoms with Crippen LogP contribution in [0.1, 0.15) is 27.2 Å². The summed E-state index contributed by atoms with van der Waals surface area (Å²) < 4.78 is 5.33. The van der Waals surface area contributed by atoms with Crippen molar-refractivity contribution in [2.24, 2.45) is 5.92 Å². The van der Waals surface area contributed by atoms with E-state index in [0.717, 1.165) is 12.5 Å². The third-order valence-corrected chi connectivity index (χ3v) is 3.05. The van der Waals surface area contributed by atoms with Gasteiger partial charge in [-0.2, -0.15) is 0 Å². The number of ether oxygens (including phenoxy) is 1. The van der Waals surface area contributed by atoms with Gasteiger partial charge in [-0.3, -0.25) is 4.90 Å². The van der Waals surface area contributed by atoms with Crippen LogP contribution in [0.25, 0.3) is 0 Å².